The number of aliphatic carboxylic acids is 1. The first-order chi connectivity index (χ1) is 9.58. The zero-order valence-corrected chi connectivity index (χ0v) is 12.8. The van der Waals surface area contributed by atoms with Crippen molar-refractivity contribution in [3.63, 3.8) is 0 Å². The van der Waals surface area contributed by atoms with Crippen LogP contribution in [0.4, 0.5) is 0 Å². The second-order valence-electron chi connectivity index (χ2n) is 5.11. The summed E-state index contributed by atoms with van der Waals surface area (Å²) in [6.45, 7) is 1.03. The molecular formula is C15H18BrNO3. The molecule has 108 valence electrons. The number of hydrogen-bond acceptors (Lipinski definition) is 2. The Morgan fingerprint density at radius 1 is 1.35 bits per heavy atom. The van der Waals surface area contributed by atoms with Crippen LogP contribution >= 0.6 is 15.9 Å². The Labute approximate surface area is 126 Å². The summed E-state index contributed by atoms with van der Waals surface area (Å²) in [5.41, 5.74) is 1.10. The lowest BCUT2D eigenvalue weighted by molar-refractivity contribution is -0.145. The Morgan fingerprint density at radius 2 is 2.10 bits per heavy atom. The first-order valence-electron chi connectivity index (χ1n) is 6.82. The molecular weight excluding hydrogens is 322 g/mol. The predicted molar refractivity (Wildman–Crippen MR) is 79.4 cm³/mol. The fraction of sp³-hybridized carbons (Fsp3) is 0.467. The SMILES string of the molecule is O=C(O)[C@@H]1CCCN(C(=O)CCc2ccccc2Br)C1. The van der Waals surface area contributed by atoms with Gasteiger partial charge in [-0.2, -0.15) is 0 Å². The number of rotatable bonds is 4. The number of halogens is 1. The van der Waals surface area contributed by atoms with E-state index in [0.29, 0.717) is 32.4 Å². The van der Waals surface area contributed by atoms with Gasteiger partial charge in [0.1, 0.15) is 0 Å². The molecule has 0 unspecified atom stereocenters. The summed E-state index contributed by atoms with van der Waals surface area (Å²) in [6.07, 6.45) is 2.55. The molecule has 1 aliphatic heterocycles. The number of benzene rings is 1. The Morgan fingerprint density at radius 3 is 2.80 bits per heavy atom. The van der Waals surface area contributed by atoms with Crippen molar-refractivity contribution in [2.24, 2.45) is 5.92 Å². The third-order valence-electron chi connectivity index (χ3n) is 3.69. The molecule has 1 saturated heterocycles. The summed E-state index contributed by atoms with van der Waals surface area (Å²) < 4.78 is 1.01. The summed E-state index contributed by atoms with van der Waals surface area (Å²) in [6, 6.07) is 7.85. The molecule has 0 bridgehead atoms. The normalized spacial score (nSPS) is 18.9. The summed E-state index contributed by atoms with van der Waals surface area (Å²) >= 11 is 3.47. The highest BCUT2D eigenvalue weighted by molar-refractivity contribution is 9.10. The summed E-state index contributed by atoms with van der Waals surface area (Å²) in [5, 5.41) is 9.04. The van der Waals surface area contributed by atoms with Crippen LogP contribution in [0.2, 0.25) is 0 Å². The highest BCUT2D eigenvalue weighted by atomic mass is 79.9. The number of carbonyl (C=O) groups excluding carboxylic acids is 1. The van der Waals surface area contributed by atoms with Crippen molar-refractivity contribution in [2.75, 3.05) is 13.1 Å². The van der Waals surface area contributed by atoms with Gasteiger partial charge in [-0.25, -0.2) is 0 Å². The van der Waals surface area contributed by atoms with Crippen molar-refractivity contribution in [3.8, 4) is 0 Å². The van der Waals surface area contributed by atoms with Gasteiger partial charge in [0.15, 0.2) is 0 Å². The molecule has 20 heavy (non-hydrogen) atoms. The van der Waals surface area contributed by atoms with Crippen LogP contribution in [0, 0.1) is 5.92 Å². The standard InChI is InChI=1S/C15H18BrNO3/c16-13-6-2-1-4-11(13)7-8-14(18)17-9-3-5-12(10-17)15(19)20/h1-2,4,6,12H,3,5,7-10H2,(H,19,20)/t12-/m1/s1. The topological polar surface area (TPSA) is 57.6 Å². The Balaban J connectivity index is 1.89. The molecule has 1 heterocycles. The summed E-state index contributed by atoms with van der Waals surface area (Å²) in [4.78, 5) is 24.9. The van der Waals surface area contributed by atoms with E-state index in [4.69, 9.17) is 5.11 Å². The summed E-state index contributed by atoms with van der Waals surface area (Å²) in [5.74, 6) is -1.16. The summed E-state index contributed by atoms with van der Waals surface area (Å²) in [7, 11) is 0. The number of carboxylic acids is 1. The maximum absolute atomic E-state index is 12.2. The van der Waals surface area contributed by atoms with Crippen LogP contribution < -0.4 is 0 Å². The van der Waals surface area contributed by atoms with Crippen LogP contribution in [0.3, 0.4) is 0 Å². The van der Waals surface area contributed by atoms with Gasteiger partial charge >= 0.3 is 5.97 Å². The number of aryl methyl sites for hydroxylation is 1. The molecule has 1 atom stereocenters. The first kappa shape index (κ1) is 15.0. The van der Waals surface area contributed by atoms with E-state index >= 15 is 0 Å². The molecule has 1 aromatic carbocycles. The molecule has 0 aromatic heterocycles. The van der Waals surface area contributed by atoms with E-state index in [1.54, 1.807) is 4.90 Å². The quantitative estimate of drug-likeness (QED) is 0.917. The van der Waals surface area contributed by atoms with Gasteiger partial charge in [0.2, 0.25) is 5.91 Å². The molecule has 2 rings (SSSR count). The van der Waals surface area contributed by atoms with Crippen molar-refractivity contribution in [2.45, 2.75) is 25.7 Å². The van der Waals surface area contributed by atoms with Gasteiger partial charge in [0.25, 0.3) is 0 Å². The molecule has 0 saturated carbocycles. The highest BCUT2D eigenvalue weighted by Crippen LogP contribution is 2.20. The van der Waals surface area contributed by atoms with Crippen molar-refractivity contribution < 1.29 is 14.7 Å². The number of carboxylic acid groups (broad SMARTS) is 1. The molecule has 1 amide bonds. The molecule has 0 radical (unpaired) electrons. The van der Waals surface area contributed by atoms with Crippen LogP contribution in [-0.2, 0) is 16.0 Å². The van der Waals surface area contributed by atoms with Gasteiger partial charge in [0.05, 0.1) is 5.92 Å². The molecule has 1 N–H and O–H groups in total. The smallest absolute Gasteiger partial charge is 0.308 e. The van der Waals surface area contributed by atoms with Gasteiger partial charge in [-0.1, -0.05) is 34.1 Å². The molecule has 0 aliphatic carbocycles. The Bertz CT molecular complexity index is 504. The average molecular weight is 340 g/mol. The lowest BCUT2D eigenvalue weighted by Gasteiger charge is -2.30. The number of carbonyl (C=O) groups is 2. The highest BCUT2D eigenvalue weighted by Gasteiger charge is 2.27. The van der Waals surface area contributed by atoms with Crippen molar-refractivity contribution in [1.82, 2.24) is 4.90 Å². The second-order valence-corrected chi connectivity index (χ2v) is 5.96. The Hall–Kier alpha value is -1.36. The maximum atomic E-state index is 12.2. The molecule has 0 spiro atoms. The fourth-order valence-corrected chi connectivity index (χ4v) is 2.99. The van der Waals surface area contributed by atoms with Gasteiger partial charge in [-0.3, -0.25) is 9.59 Å². The van der Waals surface area contributed by atoms with Crippen molar-refractivity contribution >= 4 is 27.8 Å². The zero-order chi connectivity index (χ0) is 14.5. The minimum absolute atomic E-state index is 0.0479. The molecule has 1 aromatic rings. The predicted octanol–water partition coefficient (Wildman–Crippen LogP) is 2.70. The number of nitrogens with zero attached hydrogens (tertiary/aromatic N) is 1. The Kier molecular flexibility index (Phi) is 5.17. The number of piperidine rings is 1. The number of amides is 1. The fourth-order valence-electron chi connectivity index (χ4n) is 2.51. The van der Waals surface area contributed by atoms with E-state index < -0.39 is 11.9 Å². The van der Waals surface area contributed by atoms with Crippen LogP contribution in [0.5, 0.6) is 0 Å². The van der Waals surface area contributed by atoms with Crippen LogP contribution in [-0.4, -0.2) is 35.0 Å². The van der Waals surface area contributed by atoms with E-state index in [2.05, 4.69) is 15.9 Å². The van der Waals surface area contributed by atoms with E-state index in [1.165, 1.54) is 0 Å². The minimum Gasteiger partial charge on any atom is -0.481 e. The van der Waals surface area contributed by atoms with E-state index in [-0.39, 0.29) is 5.91 Å². The number of likely N-dealkylation sites (tertiary alicyclic amines) is 1. The average Bonchev–Trinajstić information content (AvgIpc) is 2.46. The first-order valence-corrected chi connectivity index (χ1v) is 7.61. The van der Waals surface area contributed by atoms with E-state index in [9.17, 15) is 9.59 Å². The maximum Gasteiger partial charge on any atom is 0.308 e. The largest absolute Gasteiger partial charge is 0.481 e. The molecule has 4 nitrogen and oxygen atoms in total. The van der Waals surface area contributed by atoms with Gasteiger partial charge in [-0.15, -0.1) is 0 Å². The monoisotopic (exact) mass is 339 g/mol. The van der Waals surface area contributed by atoms with Crippen LogP contribution in [0.1, 0.15) is 24.8 Å². The lowest BCUT2D eigenvalue weighted by Crippen LogP contribution is -2.42. The minimum atomic E-state index is -0.798. The third-order valence-corrected chi connectivity index (χ3v) is 4.46. The van der Waals surface area contributed by atoms with Gasteiger partial charge < -0.3 is 10.0 Å². The number of hydrogen-bond donors (Lipinski definition) is 1. The van der Waals surface area contributed by atoms with Crippen molar-refractivity contribution in [1.29, 1.82) is 0 Å². The molecule has 5 heteroatoms. The molecule has 1 aliphatic rings. The van der Waals surface area contributed by atoms with E-state index in [0.717, 1.165) is 16.5 Å². The lowest BCUT2D eigenvalue weighted by atomic mass is 9.97. The zero-order valence-electron chi connectivity index (χ0n) is 11.2. The third kappa shape index (κ3) is 3.82. The van der Waals surface area contributed by atoms with Crippen molar-refractivity contribution in [3.05, 3.63) is 34.3 Å². The van der Waals surface area contributed by atoms with E-state index in [1.807, 2.05) is 24.3 Å². The van der Waals surface area contributed by atoms with Gasteiger partial charge in [-0.05, 0) is 30.9 Å². The van der Waals surface area contributed by atoms with Crippen LogP contribution in [0.25, 0.3) is 0 Å². The second kappa shape index (κ2) is 6.88. The van der Waals surface area contributed by atoms with Crippen LogP contribution in [0.15, 0.2) is 28.7 Å². The molecule has 1 fully saturated rings. The van der Waals surface area contributed by atoms with Gasteiger partial charge in [0, 0.05) is 24.0 Å².